The van der Waals surface area contributed by atoms with Crippen molar-refractivity contribution in [1.29, 1.82) is 0 Å². The number of ether oxygens (including phenoxy) is 1. The minimum absolute atomic E-state index is 0.724. The van der Waals surface area contributed by atoms with Gasteiger partial charge in [0.2, 0.25) is 0 Å². The van der Waals surface area contributed by atoms with E-state index < -0.39 is 0 Å². The molecular weight excluding hydrogens is 250 g/mol. The van der Waals surface area contributed by atoms with Crippen molar-refractivity contribution in [1.82, 2.24) is 9.78 Å². The summed E-state index contributed by atoms with van der Waals surface area (Å²) in [5, 5.41) is 7.87. The molecule has 1 aromatic heterocycles. The Morgan fingerprint density at radius 1 is 1.20 bits per heavy atom. The van der Waals surface area contributed by atoms with Crippen LogP contribution >= 0.6 is 0 Å². The van der Waals surface area contributed by atoms with Gasteiger partial charge in [-0.15, -0.1) is 0 Å². The summed E-state index contributed by atoms with van der Waals surface area (Å²) in [6.07, 6.45) is 6.13. The van der Waals surface area contributed by atoms with Crippen LogP contribution in [0.4, 0.5) is 5.69 Å². The molecule has 1 aliphatic heterocycles. The topological polar surface area (TPSA) is 39.1 Å². The maximum absolute atomic E-state index is 5.41. The number of para-hydroxylation sites is 1. The van der Waals surface area contributed by atoms with Crippen LogP contribution in [0.3, 0.4) is 0 Å². The molecule has 0 unspecified atom stereocenters. The van der Waals surface area contributed by atoms with E-state index in [0.29, 0.717) is 0 Å². The van der Waals surface area contributed by atoms with E-state index >= 15 is 0 Å². The highest BCUT2D eigenvalue weighted by Gasteiger charge is 2.13. The standard InChI is InChI=1S/C16H21N3O/c1-2-5-16(17-12-14-6-10-20-11-7-14)15(4-1)13-19-9-3-8-18-19/h1-5,8-9,14,17H,6-7,10-13H2. The molecule has 20 heavy (non-hydrogen) atoms. The van der Waals surface area contributed by atoms with Crippen LogP contribution in [-0.4, -0.2) is 29.5 Å². The van der Waals surface area contributed by atoms with Gasteiger partial charge in [0.05, 0.1) is 6.54 Å². The average molecular weight is 271 g/mol. The van der Waals surface area contributed by atoms with Crippen molar-refractivity contribution in [2.24, 2.45) is 5.92 Å². The normalized spacial score (nSPS) is 16.2. The van der Waals surface area contributed by atoms with Gasteiger partial charge in [-0.3, -0.25) is 4.68 Å². The zero-order chi connectivity index (χ0) is 13.6. The van der Waals surface area contributed by atoms with Crippen molar-refractivity contribution in [3.63, 3.8) is 0 Å². The molecule has 1 fully saturated rings. The lowest BCUT2D eigenvalue weighted by Crippen LogP contribution is -2.23. The van der Waals surface area contributed by atoms with E-state index in [4.69, 9.17) is 4.74 Å². The molecule has 2 heterocycles. The summed E-state index contributed by atoms with van der Waals surface area (Å²) in [4.78, 5) is 0. The lowest BCUT2D eigenvalue weighted by atomic mass is 10.00. The van der Waals surface area contributed by atoms with Crippen LogP contribution in [0.25, 0.3) is 0 Å². The number of benzene rings is 1. The molecule has 1 N–H and O–H groups in total. The monoisotopic (exact) mass is 271 g/mol. The Morgan fingerprint density at radius 2 is 2.05 bits per heavy atom. The molecule has 0 saturated carbocycles. The second-order valence-electron chi connectivity index (χ2n) is 5.30. The highest BCUT2D eigenvalue weighted by molar-refractivity contribution is 5.51. The van der Waals surface area contributed by atoms with Crippen LogP contribution in [0.2, 0.25) is 0 Å². The molecule has 1 aliphatic rings. The molecule has 3 rings (SSSR count). The summed E-state index contributed by atoms with van der Waals surface area (Å²) in [6, 6.07) is 10.4. The van der Waals surface area contributed by atoms with Crippen LogP contribution in [-0.2, 0) is 11.3 Å². The van der Waals surface area contributed by atoms with E-state index in [1.165, 1.54) is 11.3 Å². The fourth-order valence-corrected chi connectivity index (χ4v) is 2.60. The number of nitrogens with zero attached hydrogens (tertiary/aromatic N) is 2. The van der Waals surface area contributed by atoms with Gasteiger partial charge in [0.25, 0.3) is 0 Å². The minimum atomic E-state index is 0.724. The Morgan fingerprint density at radius 3 is 2.85 bits per heavy atom. The molecule has 0 amide bonds. The summed E-state index contributed by atoms with van der Waals surface area (Å²) in [7, 11) is 0. The van der Waals surface area contributed by atoms with Crippen LogP contribution < -0.4 is 5.32 Å². The molecule has 0 bridgehead atoms. The maximum Gasteiger partial charge on any atom is 0.0679 e. The van der Waals surface area contributed by atoms with Crippen molar-refractivity contribution in [2.75, 3.05) is 25.1 Å². The molecule has 1 saturated heterocycles. The largest absolute Gasteiger partial charge is 0.384 e. The summed E-state index contributed by atoms with van der Waals surface area (Å²) < 4.78 is 7.36. The second kappa shape index (κ2) is 6.57. The highest BCUT2D eigenvalue weighted by atomic mass is 16.5. The first-order valence-corrected chi connectivity index (χ1v) is 7.29. The molecule has 4 heteroatoms. The number of hydrogen-bond donors (Lipinski definition) is 1. The molecular formula is C16H21N3O. The van der Waals surface area contributed by atoms with Crippen molar-refractivity contribution in [2.45, 2.75) is 19.4 Å². The van der Waals surface area contributed by atoms with Crippen LogP contribution in [0.1, 0.15) is 18.4 Å². The molecule has 106 valence electrons. The molecule has 0 atom stereocenters. The van der Waals surface area contributed by atoms with E-state index in [0.717, 1.165) is 45.1 Å². The van der Waals surface area contributed by atoms with Gasteiger partial charge in [0.15, 0.2) is 0 Å². The van der Waals surface area contributed by atoms with E-state index in [1.54, 1.807) is 0 Å². The smallest absolute Gasteiger partial charge is 0.0679 e. The Balaban J connectivity index is 1.63. The van der Waals surface area contributed by atoms with E-state index in [2.05, 4.69) is 34.7 Å². The second-order valence-corrected chi connectivity index (χ2v) is 5.30. The first kappa shape index (κ1) is 13.2. The molecule has 4 nitrogen and oxygen atoms in total. The summed E-state index contributed by atoms with van der Waals surface area (Å²) >= 11 is 0. The van der Waals surface area contributed by atoms with Crippen LogP contribution in [0.5, 0.6) is 0 Å². The van der Waals surface area contributed by atoms with Gasteiger partial charge in [0, 0.05) is 37.8 Å². The molecule has 2 aromatic rings. The minimum Gasteiger partial charge on any atom is -0.384 e. The van der Waals surface area contributed by atoms with E-state index in [1.807, 2.05) is 23.1 Å². The fourth-order valence-electron chi connectivity index (χ4n) is 2.60. The van der Waals surface area contributed by atoms with Crippen molar-refractivity contribution in [3.8, 4) is 0 Å². The highest BCUT2D eigenvalue weighted by Crippen LogP contribution is 2.19. The third-order valence-corrected chi connectivity index (χ3v) is 3.83. The van der Waals surface area contributed by atoms with Crippen molar-refractivity contribution in [3.05, 3.63) is 48.3 Å². The third kappa shape index (κ3) is 3.39. The van der Waals surface area contributed by atoms with E-state index in [-0.39, 0.29) is 0 Å². The fraction of sp³-hybridized carbons (Fsp3) is 0.438. The maximum atomic E-state index is 5.41. The van der Waals surface area contributed by atoms with Gasteiger partial charge < -0.3 is 10.1 Å². The zero-order valence-electron chi connectivity index (χ0n) is 11.7. The lowest BCUT2D eigenvalue weighted by Gasteiger charge is -2.23. The predicted molar refractivity (Wildman–Crippen MR) is 79.8 cm³/mol. The lowest BCUT2D eigenvalue weighted by molar-refractivity contribution is 0.0699. The number of rotatable bonds is 5. The van der Waals surface area contributed by atoms with Crippen molar-refractivity contribution >= 4 is 5.69 Å². The molecule has 0 radical (unpaired) electrons. The van der Waals surface area contributed by atoms with Gasteiger partial charge >= 0.3 is 0 Å². The molecule has 0 aliphatic carbocycles. The average Bonchev–Trinajstić information content (AvgIpc) is 3.00. The molecule has 0 spiro atoms. The summed E-state index contributed by atoms with van der Waals surface area (Å²) in [5.41, 5.74) is 2.50. The number of hydrogen-bond acceptors (Lipinski definition) is 3. The number of nitrogens with one attached hydrogen (secondary N) is 1. The van der Waals surface area contributed by atoms with Gasteiger partial charge in [-0.2, -0.15) is 5.10 Å². The zero-order valence-corrected chi connectivity index (χ0v) is 11.7. The number of anilines is 1. The van der Waals surface area contributed by atoms with Gasteiger partial charge in [0.1, 0.15) is 0 Å². The quantitative estimate of drug-likeness (QED) is 0.909. The van der Waals surface area contributed by atoms with Crippen molar-refractivity contribution < 1.29 is 4.74 Å². The predicted octanol–water partition coefficient (Wildman–Crippen LogP) is 2.77. The van der Waals surface area contributed by atoms with E-state index in [9.17, 15) is 0 Å². The van der Waals surface area contributed by atoms with Crippen LogP contribution in [0.15, 0.2) is 42.7 Å². The van der Waals surface area contributed by atoms with Gasteiger partial charge in [-0.25, -0.2) is 0 Å². The SMILES string of the molecule is c1ccc(NCC2CCOCC2)c(Cn2cccn2)c1. The summed E-state index contributed by atoms with van der Waals surface area (Å²) in [5.74, 6) is 0.724. The van der Waals surface area contributed by atoms with Gasteiger partial charge in [-0.05, 0) is 36.5 Å². The number of aromatic nitrogens is 2. The Hall–Kier alpha value is -1.81. The van der Waals surface area contributed by atoms with Gasteiger partial charge in [-0.1, -0.05) is 18.2 Å². The first-order chi connectivity index (χ1) is 9.92. The Kier molecular flexibility index (Phi) is 4.33. The third-order valence-electron chi connectivity index (χ3n) is 3.83. The Bertz CT molecular complexity index is 518. The molecule has 1 aromatic carbocycles. The Labute approximate surface area is 119 Å². The summed E-state index contributed by atoms with van der Waals surface area (Å²) in [6.45, 7) is 3.64. The van der Waals surface area contributed by atoms with Crippen LogP contribution in [0, 0.1) is 5.92 Å². The first-order valence-electron chi connectivity index (χ1n) is 7.29.